The molecule has 0 aliphatic heterocycles. The van der Waals surface area contributed by atoms with Gasteiger partial charge in [0.25, 0.3) is 0 Å². The van der Waals surface area contributed by atoms with Crippen molar-refractivity contribution >= 4 is 22.8 Å². The first-order valence-electron chi connectivity index (χ1n) is 8.74. The molecule has 6 heteroatoms. The van der Waals surface area contributed by atoms with Crippen LogP contribution in [0, 0.1) is 11.8 Å². The van der Waals surface area contributed by atoms with E-state index in [1.54, 1.807) is 12.3 Å². The van der Waals surface area contributed by atoms with Crippen LogP contribution >= 0.6 is 11.6 Å². The maximum absolute atomic E-state index is 6.23. The van der Waals surface area contributed by atoms with Crippen molar-refractivity contribution in [3.8, 4) is 23.4 Å². The standard InChI is InChI=1S/C19H21ClN4O/c1-2-3-4-5-6-7-8-9-12-15-21-17(20)16-19(22-15)24-18(23-16)14-11-10-13-25-14/h10-11,13H,2-8H2,1H3,(H,21,22,23,24). The Morgan fingerprint density at radius 1 is 1.12 bits per heavy atom. The molecule has 0 aliphatic carbocycles. The first-order valence-corrected chi connectivity index (χ1v) is 9.11. The highest BCUT2D eigenvalue weighted by atomic mass is 35.5. The van der Waals surface area contributed by atoms with Gasteiger partial charge in [-0.1, -0.05) is 56.5 Å². The number of hydrogen-bond donors (Lipinski definition) is 1. The third kappa shape index (κ3) is 4.61. The number of H-pyrrole nitrogens is 1. The quantitative estimate of drug-likeness (QED) is 0.351. The van der Waals surface area contributed by atoms with Gasteiger partial charge in [-0.3, -0.25) is 0 Å². The number of hydrogen-bond acceptors (Lipinski definition) is 4. The van der Waals surface area contributed by atoms with Crippen LogP contribution < -0.4 is 0 Å². The van der Waals surface area contributed by atoms with E-state index < -0.39 is 0 Å². The summed E-state index contributed by atoms with van der Waals surface area (Å²) in [5.74, 6) is 7.73. The topological polar surface area (TPSA) is 67.6 Å². The van der Waals surface area contributed by atoms with Crippen molar-refractivity contribution < 1.29 is 4.42 Å². The van der Waals surface area contributed by atoms with Gasteiger partial charge in [-0.15, -0.1) is 0 Å². The Kier molecular flexibility index (Phi) is 6.08. The summed E-state index contributed by atoms with van der Waals surface area (Å²) in [6.07, 6.45) is 9.97. The summed E-state index contributed by atoms with van der Waals surface area (Å²) in [5.41, 5.74) is 1.09. The van der Waals surface area contributed by atoms with E-state index in [0.717, 1.165) is 12.8 Å². The van der Waals surface area contributed by atoms with Gasteiger partial charge in [-0.2, -0.15) is 4.98 Å². The number of nitrogens with zero attached hydrogens (tertiary/aromatic N) is 3. The minimum absolute atomic E-state index is 0.319. The number of halogens is 1. The molecule has 0 saturated heterocycles. The van der Waals surface area contributed by atoms with Crippen LogP contribution in [-0.2, 0) is 0 Å². The molecule has 0 atom stereocenters. The van der Waals surface area contributed by atoms with Crippen molar-refractivity contribution in [3.05, 3.63) is 29.4 Å². The van der Waals surface area contributed by atoms with Crippen molar-refractivity contribution in [2.75, 3.05) is 0 Å². The molecule has 0 aromatic carbocycles. The lowest BCUT2D eigenvalue weighted by molar-refractivity contribution is 0.578. The van der Waals surface area contributed by atoms with Crippen LogP contribution in [0.25, 0.3) is 22.7 Å². The minimum atomic E-state index is 0.319. The van der Waals surface area contributed by atoms with Crippen molar-refractivity contribution in [1.82, 2.24) is 19.9 Å². The van der Waals surface area contributed by atoms with E-state index in [0.29, 0.717) is 33.7 Å². The highest BCUT2D eigenvalue weighted by Crippen LogP contribution is 2.23. The monoisotopic (exact) mass is 356 g/mol. The zero-order valence-corrected chi connectivity index (χ0v) is 15.1. The molecule has 130 valence electrons. The van der Waals surface area contributed by atoms with Gasteiger partial charge in [0, 0.05) is 6.42 Å². The average molecular weight is 357 g/mol. The van der Waals surface area contributed by atoms with Crippen LogP contribution in [0.4, 0.5) is 0 Å². The maximum Gasteiger partial charge on any atom is 0.208 e. The van der Waals surface area contributed by atoms with E-state index in [2.05, 4.69) is 38.7 Å². The lowest BCUT2D eigenvalue weighted by Gasteiger charge is -1.96. The van der Waals surface area contributed by atoms with Crippen LogP contribution in [0.2, 0.25) is 5.15 Å². The van der Waals surface area contributed by atoms with E-state index >= 15 is 0 Å². The number of furan rings is 1. The Bertz CT molecular complexity index is 874. The molecule has 0 unspecified atom stereocenters. The summed E-state index contributed by atoms with van der Waals surface area (Å²) in [6.45, 7) is 2.23. The first-order chi connectivity index (χ1) is 12.3. The molecular formula is C19H21ClN4O. The summed E-state index contributed by atoms with van der Waals surface area (Å²) in [4.78, 5) is 16.1. The fourth-order valence-corrected chi connectivity index (χ4v) is 2.80. The molecule has 0 saturated carbocycles. The van der Waals surface area contributed by atoms with Gasteiger partial charge in [-0.05, 0) is 24.5 Å². The Balaban J connectivity index is 1.64. The molecule has 0 fully saturated rings. The molecule has 3 heterocycles. The smallest absolute Gasteiger partial charge is 0.208 e. The summed E-state index contributed by atoms with van der Waals surface area (Å²) in [5, 5.41) is 0.319. The zero-order chi connectivity index (χ0) is 17.5. The lowest BCUT2D eigenvalue weighted by Crippen LogP contribution is -1.91. The van der Waals surface area contributed by atoms with Crippen molar-refractivity contribution in [3.63, 3.8) is 0 Å². The van der Waals surface area contributed by atoms with E-state index in [1.807, 2.05) is 6.07 Å². The Hall–Kier alpha value is -2.32. The minimum Gasteiger partial charge on any atom is -0.461 e. The molecule has 0 radical (unpaired) electrons. The number of aromatic amines is 1. The van der Waals surface area contributed by atoms with Crippen molar-refractivity contribution in [2.45, 2.75) is 51.9 Å². The van der Waals surface area contributed by atoms with E-state index in [9.17, 15) is 0 Å². The Morgan fingerprint density at radius 2 is 1.96 bits per heavy atom. The highest BCUT2D eigenvalue weighted by molar-refractivity contribution is 6.33. The number of aromatic nitrogens is 4. The molecule has 3 aromatic rings. The molecule has 25 heavy (non-hydrogen) atoms. The van der Waals surface area contributed by atoms with Crippen molar-refractivity contribution in [2.24, 2.45) is 0 Å². The Labute approximate surface area is 152 Å². The van der Waals surface area contributed by atoms with E-state index in [1.165, 1.54) is 32.1 Å². The predicted octanol–water partition coefficient (Wildman–Crippen LogP) is 5.37. The van der Waals surface area contributed by atoms with Crippen LogP contribution in [-0.4, -0.2) is 19.9 Å². The molecular weight excluding hydrogens is 336 g/mol. The summed E-state index contributed by atoms with van der Waals surface area (Å²) < 4.78 is 5.33. The van der Waals surface area contributed by atoms with Crippen LogP contribution in [0.15, 0.2) is 22.8 Å². The maximum atomic E-state index is 6.23. The number of nitrogens with one attached hydrogen (secondary N) is 1. The molecule has 0 amide bonds. The van der Waals surface area contributed by atoms with Crippen molar-refractivity contribution in [1.29, 1.82) is 0 Å². The Morgan fingerprint density at radius 3 is 2.76 bits per heavy atom. The fourth-order valence-electron chi connectivity index (χ4n) is 2.58. The molecule has 3 rings (SSSR count). The van der Waals surface area contributed by atoms with Gasteiger partial charge in [-0.25, -0.2) is 9.97 Å². The van der Waals surface area contributed by atoms with Gasteiger partial charge >= 0.3 is 0 Å². The molecule has 0 aliphatic rings. The molecule has 5 nitrogen and oxygen atoms in total. The van der Waals surface area contributed by atoms with Gasteiger partial charge in [0.2, 0.25) is 5.82 Å². The summed E-state index contributed by atoms with van der Waals surface area (Å²) >= 11 is 6.23. The fraction of sp³-hybridized carbons (Fsp3) is 0.421. The van der Waals surface area contributed by atoms with Gasteiger partial charge < -0.3 is 9.40 Å². The molecule has 3 aromatic heterocycles. The molecule has 1 N–H and O–H groups in total. The summed E-state index contributed by atoms with van der Waals surface area (Å²) in [6, 6.07) is 3.62. The average Bonchev–Trinajstić information content (AvgIpc) is 3.26. The van der Waals surface area contributed by atoms with E-state index in [-0.39, 0.29) is 0 Å². The molecule has 0 spiro atoms. The van der Waals surface area contributed by atoms with Gasteiger partial charge in [0.1, 0.15) is 5.52 Å². The zero-order valence-electron chi connectivity index (χ0n) is 14.3. The summed E-state index contributed by atoms with van der Waals surface area (Å²) in [7, 11) is 0. The number of fused-ring (bicyclic) bond motifs is 1. The number of rotatable bonds is 7. The SMILES string of the molecule is CCCCCCCCC#Cc1nc(Cl)c2[nH]c(-c3ccco3)nc2n1. The normalized spacial score (nSPS) is 10.8. The van der Waals surface area contributed by atoms with Crippen LogP contribution in [0.3, 0.4) is 0 Å². The second kappa shape index (κ2) is 8.68. The van der Waals surface area contributed by atoms with Crippen LogP contribution in [0.1, 0.15) is 57.7 Å². The second-order valence-electron chi connectivity index (χ2n) is 5.92. The van der Waals surface area contributed by atoms with E-state index in [4.69, 9.17) is 16.0 Å². The molecule has 0 bridgehead atoms. The van der Waals surface area contributed by atoms with Crippen LogP contribution in [0.5, 0.6) is 0 Å². The van der Waals surface area contributed by atoms with Gasteiger partial charge in [0.05, 0.1) is 6.26 Å². The first kappa shape index (κ1) is 17.5. The number of unbranched alkanes of at least 4 members (excludes halogenated alkanes) is 6. The predicted molar refractivity (Wildman–Crippen MR) is 99.3 cm³/mol. The number of imidazole rings is 1. The third-order valence-corrected chi connectivity index (χ3v) is 4.19. The lowest BCUT2D eigenvalue weighted by atomic mass is 10.1. The third-order valence-electron chi connectivity index (χ3n) is 3.92. The van der Waals surface area contributed by atoms with Gasteiger partial charge in [0.15, 0.2) is 22.4 Å². The second-order valence-corrected chi connectivity index (χ2v) is 6.28. The highest BCUT2D eigenvalue weighted by Gasteiger charge is 2.13. The largest absolute Gasteiger partial charge is 0.461 e.